The van der Waals surface area contributed by atoms with Gasteiger partial charge in [0.15, 0.2) is 0 Å². The summed E-state index contributed by atoms with van der Waals surface area (Å²) >= 11 is 1.51. The van der Waals surface area contributed by atoms with Gasteiger partial charge in [0.2, 0.25) is 5.91 Å². The van der Waals surface area contributed by atoms with E-state index in [2.05, 4.69) is 5.32 Å². The first-order valence-electron chi connectivity index (χ1n) is 4.70. The highest BCUT2D eigenvalue weighted by molar-refractivity contribution is 7.99. The molecule has 0 saturated heterocycles. The van der Waals surface area contributed by atoms with Crippen LogP contribution in [0.25, 0.3) is 0 Å². The third-order valence-electron chi connectivity index (χ3n) is 2.35. The maximum atomic E-state index is 11.2. The van der Waals surface area contributed by atoms with Crippen molar-refractivity contribution >= 4 is 17.7 Å². The van der Waals surface area contributed by atoms with Crippen molar-refractivity contribution in [2.75, 3.05) is 12.0 Å². The van der Waals surface area contributed by atoms with Crippen LogP contribution in [0.1, 0.15) is 25.7 Å². The van der Waals surface area contributed by atoms with Crippen molar-refractivity contribution in [3.8, 4) is 0 Å². The normalized spacial score (nSPS) is 28.5. The van der Waals surface area contributed by atoms with E-state index >= 15 is 0 Å². The molecule has 1 saturated carbocycles. The van der Waals surface area contributed by atoms with Crippen molar-refractivity contribution in [1.29, 1.82) is 0 Å². The summed E-state index contributed by atoms with van der Waals surface area (Å²) in [4.78, 5) is 11.2. The Balaban J connectivity index is 2.29. The third-order valence-corrected chi connectivity index (χ3v) is 2.90. The fourth-order valence-corrected chi connectivity index (χ4v) is 2.00. The molecular weight excluding hydrogens is 186 g/mol. The van der Waals surface area contributed by atoms with Gasteiger partial charge in [-0.3, -0.25) is 4.79 Å². The van der Waals surface area contributed by atoms with Crippen LogP contribution in [0.4, 0.5) is 0 Å². The second-order valence-corrected chi connectivity index (χ2v) is 4.32. The Bertz CT molecular complexity index is 175. The topological polar surface area (TPSA) is 49.3 Å². The van der Waals surface area contributed by atoms with E-state index in [0.717, 1.165) is 25.7 Å². The monoisotopic (exact) mass is 203 g/mol. The van der Waals surface area contributed by atoms with E-state index in [1.165, 1.54) is 11.8 Å². The molecule has 1 aliphatic rings. The second-order valence-electron chi connectivity index (χ2n) is 3.46. The summed E-state index contributed by atoms with van der Waals surface area (Å²) in [6.45, 7) is 0. The van der Waals surface area contributed by atoms with Crippen LogP contribution in [0.2, 0.25) is 0 Å². The summed E-state index contributed by atoms with van der Waals surface area (Å²) in [7, 11) is 0. The van der Waals surface area contributed by atoms with Crippen molar-refractivity contribution in [2.24, 2.45) is 0 Å². The number of nitrogens with one attached hydrogen (secondary N) is 1. The molecule has 1 aliphatic carbocycles. The maximum Gasteiger partial charge on any atom is 0.230 e. The standard InChI is InChI=1S/C9H17NO2S/c1-13-6-9(12)10-7-4-2-3-5-8(7)11/h7-8,11H,2-6H2,1H3,(H,10,12). The van der Waals surface area contributed by atoms with Crippen LogP contribution in [-0.2, 0) is 4.79 Å². The van der Waals surface area contributed by atoms with Gasteiger partial charge in [-0.1, -0.05) is 12.8 Å². The molecule has 2 N–H and O–H groups in total. The SMILES string of the molecule is CSCC(=O)NC1CCCCC1O. The number of aliphatic hydroxyl groups excluding tert-OH is 1. The highest BCUT2D eigenvalue weighted by atomic mass is 32.2. The zero-order chi connectivity index (χ0) is 9.68. The first kappa shape index (κ1) is 10.9. The summed E-state index contributed by atoms with van der Waals surface area (Å²) in [5.74, 6) is 0.530. The first-order chi connectivity index (χ1) is 6.24. The molecule has 13 heavy (non-hydrogen) atoms. The van der Waals surface area contributed by atoms with E-state index in [1.54, 1.807) is 0 Å². The smallest absolute Gasteiger partial charge is 0.230 e. The number of rotatable bonds is 3. The van der Waals surface area contributed by atoms with Crippen LogP contribution < -0.4 is 5.32 Å². The fourth-order valence-electron chi connectivity index (χ4n) is 1.66. The van der Waals surface area contributed by atoms with Crippen LogP contribution in [-0.4, -0.2) is 35.2 Å². The molecule has 0 heterocycles. The molecule has 0 aromatic carbocycles. The highest BCUT2D eigenvalue weighted by Gasteiger charge is 2.23. The first-order valence-corrected chi connectivity index (χ1v) is 6.10. The highest BCUT2D eigenvalue weighted by Crippen LogP contribution is 2.18. The predicted molar refractivity (Wildman–Crippen MR) is 54.8 cm³/mol. The molecule has 2 atom stereocenters. The third kappa shape index (κ3) is 3.56. The molecule has 0 spiro atoms. The van der Waals surface area contributed by atoms with Crippen LogP contribution in [0.3, 0.4) is 0 Å². The molecule has 1 fully saturated rings. The largest absolute Gasteiger partial charge is 0.391 e. The minimum atomic E-state index is -0.334. The van der Waals surface area contributed by atoms with Crippen molar-refractivity contribution < 1.29 is 9.90 Å². The van der Waals surface area contributed by atoms with Crippen LogP contribution >= 0.6 is 11.8 Å². The zero-order valence-corrected chi connectivity index (χ0v) is 8.77. The number of carbonyl (C=O) groups excluding carboxylic acids is 1. The Kier molecular flexibility index (Phi) is 4.59. The molecule has 1 amide bonds. The lowest BCUT2D eigenvalue weighted by molar-refractivity contribution is -0.120. The number of carbonyl (C=O) groups is 1. The van der Waals surface area contributed by atoms with Gasteiger partial charge >= 0.3 is 0 Å². The van der Waals surface area contributed by atoms with Crippen molar-refractivity contribution in [2.45, 2.75) is 37.8 Å². The van der Waals surface area contributed by atoms with Gasteiger partial charge in [-0.15, -0.1) is 0 Å². The van der Waals surface area contributed by atoms with Gasteiger partial charge < -0.3 is 10.4 Å². The molecule has 0 radical (unpaired) electrons. The molecule has 2 unspecified atom stereocenters. The minimum Gasteiger partial charge on any atom is -0.391 e. The molecule has 0 bridgehead atoms. The van der Waals surface area contributed by atoms with Crippen molar-refractivity contribution in [3.05, 3.63) is 0 Å². The number of hydrogen-bond donors (Lipinski definition) is 2. The lowest BCUT2D eigenvalue weighted by Gasteiger charge is -2.28. The minimum absolute atomic E-state index is 0.00611. The van der Waals surface area contributed by atoms with E-state index in [1.807, 2.05) is 6.26 Å². The van der Waals surface area contributed by atoms with Gasteiger partial charge in [-0.05, 0) is 19.1 Å². The molecule has 4 heteroatoms. The second kappa shape index (κ2) is 5.50. The van der Waals surface area contributed by atoms with E-state index < -0.39 is 0 Å². The van der Waals surface area contributed by atoms with Gasteiger partial charge in [0.1, 0.15) is 0 Å². The Morgan fingerprint density at radius 1 is 1.54 bits per heavy atom. The van der Waals surface area contributed by atoms with Crippen molar-refractivity contribution in [3.63, 3.8) is 0 Å². The van der Waals surface area contributed by atoms with E-state index in [-0.39, 0.29) is 18.1 Å². The quantitative estimate of drug-likeness (QED) is 0.712. The zero-order valence-electron chi connectivity index (χ0n) is 7.95. The van der Waals surface area contributed by atoms with Crippen molar-refractivity contribution in [1.82, 2.24) is 5.32 Å². The maximum absolute atomic E-state index is 11.2. The average Bonchev–Trinajstić information content (AvgIpc) is 2.09. The van der Waals surface area contributed by atoms with Gasteiger partial charge in [0.25, 0.3) is 0 Å². The molecular formula is C9H17NO2S. The molecule has 0 aromatic heterocycles. The Morgan fingerprint density at radius 3 is 2.85 bits per heavy atom. The molecule has 0 aliphatic heterocycles. The Morgan fingerprint density at radius 2 is 2.23 bits per heavy atom. The van der Waals surface area contributed by atoms with Gasteiger partial charge in [0, 0.05) is 0 Å². The molecule has 0 aromatic rings. The van der Waals surface area contributed by atoms with Gasteiger partial charge in [-0.2, -0.15) is 11.8 Å². The molecule has 76 valence electrons. The Labute approximate surface area is 83.3 Å². The predicted octanol–water partition coefficient (Wildman–Crippen LogP) is 0.769. The number of amides is 1. The van der Waals surface area contributed by atoms with Crippen LogP contribution in [0.5, 0.6) is 0 Å². The van der Waals surface area contributed by atoms with E-state index in [9.17, 15) is 9.90 Å². The Hall–Kier alpha value is -0.220. The van der Waals surface area contributed by atoms with E-state index in [0.29, 0.717) is 5.75 Å². The fraction of sp³-hybridized carbons (Fsp3) is 0.889. The van der Waals surface area contributed by atoms with Crippen LogP contribution in [0, 0.1) is 0 Å². The lowest BCUT2D eigenvalue weighted by atomic mass is 9.93. The van der Waals surface area contributed by atoms with E-state index in [4.69, 9.17) is 0 Å². The van der Waals surface area contributed by atoms with Crippen LogP contribution in [0.15, 0.2) is 0 Å². The molecule has 3 nitrogen and oxygen atoms in total. The number of thioether (sulfide) groups is 1. The summed E-state index contributed by atoms with van der Waals surface area (Å²) in [5, 5.41) is 12.4. The summed E-state index contributed by atoms with van der Waals surface area (Å²) in [6, 6.07) is -0.00611. The van der Waals surface area contributed by atoms with Gasteiger partial charge in [0.05, 0.1) is 17.9 Å². The summed E-state index contributed by atoms with van der Waals surface area (Å²) in [5.41, 5.74) is 0. The average molecular weight is 203 g/mol. The number of aliphatic hydroxyl groups is 1. The van der Waals surface area contributed by atoms with Gasteiger partial charge in [-0.25, -0.2) is 0 Å². The lowest BCUT2D eigenvalue weighted by Crippen LogP contribution is -2.45. The molecule has 1 rings (SSSR count). The summed E-state index contributed by atoms with van der Waals surface area (Å²) < 4.78 is 0. The number of hydrogen-bond acceptors (Lipinski definition) is 3. The summed E-state index contributed by atoms with van der Waals surface area (Å²) in [6.07, 6.45) is 5.50.